The van der Waals surface area contributed by atoms with E-state index in [0.29, 0.717) is 26.2 Å². The Morgan fingerprint density at radius 3 is 2.19 bits per heavy atom. The van der Waals surface area contributed by atoms with E-state index in [1.54, 1.807) is 11.9 Å². The van der Waals surface area contributed by atoms with Crippen LogP contribution in [0.3, 0.4) is 0 Å². The van der Waals surface area contributed by atoms with Crippen LogP contribution in [0.15, 0.2) is 48.5 Å². The van der Waals surface area contributed by atoms with Gasteiger partial charge in [-0.2, -0.15) is 13.2 Å². The van der Waals surface area contributed by atoms with E-state index >= 15 is 0 Å². The molecular formula is C22H24ClF3N4O2. The minimum Gasteiger partial charge on any atom is -0.325 e. The van der Waals surface area contributed by atoms with Crippen molar-refractivity contribution in [1.29, 1.82) is 0 Å². The fourth-order valence-electron chi connectivity index (χ4n) is 3.42. The summed E-state index contributed by atoms with van der Waals surface area (Å²) in [6.07, 6.45) is -4.60. The van der Waals surface area contributed by atoms with E-state index < -0.39 is 22.7 Å². The molecular weight excluding hydrogens is 445 g/mol. The number of alkyl halides is 3. The molecule has 32 heavy (non-hydrogen) atoms. The first-order chi connectivity index (χ1) is 15.1. The smallest absolute Gasteiger partial charge is 0.325 e. The zero-order chi connectivity index (χ0) is 23.3. The Labute approximate surface area is 189 Å². The van der Waals surface area contributed by atoms with Crippen molar-refractivity contribution in [1.82, 2.24) is 9.80 Å². The number of nitrogens with one attached hydrogen (secondary N) is 1. The van der Waals surface area contributed by atoms with Gasteiger partial charge in [0, 0.05) is 44.6 Å². The Morgan fingerprint density at radius 1 is 1.00 bits per heavy atom. The number of anilines is 2. The Kier molecular flexibility index (Phi) is 7.76. The molecule has 172 valence electrons. The molecule has 2 amide bonds. The molecule has 0 aromatic heterocycles. The maximum atomic E-state index is 13.0. The normalized spacial score (nSPS) is 15.4. The van der Waals surface area contributed by atoms with Crippen LogP contribution in [0.1, 0.15) is 5.56 Å². The Bertz CT molecular complexity index is 948. The lowest BCUT2D eigenvalue weighted by atomic mass is 10.2. The number of carbonyl (C=O) groups excluding carboxylic acids is 2. The van der Waals surface area contributed by atoms with Crippen LogP contribution in [-0.2, 0) is 15.8 Å². The molecule has 2 aromatic rings. The standard InChI is InChI=1S/C22H24ClF3N4O2/c1-28(17-5-3-2-4-6-17)21(32)15-30-11-9-29(10-12-30)14-20(31)27-16-7-8-19(23)18(13-16)22(24,25)26/h2-8,13H,9-12,14-15H2,1H3,(H,27,31). The monoisotopic (exact) mass is 468 g/mol. The molecule has 3 rings (SSSR count). The number of piperazine rings is 1. The number of hydrogen-bond acceptors (Lipinski definition) is 4. The number of nitrogens with zero attached hydrogens (tertiary/aromatic N) is 3. The van der Waals surface area contributed by atoms with E-state index in [9.17, 15) is 22.8 Å². The SMILES string of the molecule is CN(C(=O)CN1CCN(CC(=O)Nc2ccc(Cl)c(C(F)(F)F)c2)CC1)c1ccccc1. The molecule has 0 atom stereocenters. The van der Waals surface area contributed by atoms with Crippen molar-refractivity contribution in [2.75, 3.05) is 56.5 Å². The quantitative estimate of drug-likeness (QED) is 0.704. The van der Waals surface area contributed by atoms with Gasteiger partial charge >= 0.3 is 6.18 Å². The van der Waals surface area contributed by atoms with Gasteiger partial charge in [0.25, 0.3) is 0 Å². The van der Waals surface area contributed by atoms with E-state index in [1.807, 2.05) is 40.1 Å². The van der Waals surface area contributed by atoms with Crippen molar-refractivity contribution in [3.05, 3.63) is 59.1 Å². The topological polar surface area (TPSA) is 55.9 Å². The van der Waals surface area contributed by atoms with E-state index in [-0.39, 0.29) is 24.7 Å². The summed E-state index contributed by atoms with van der Waals surface area (Å²) in [5, 5.41) is 2.07. The van der Waals surface area contributed by atoms with Gasteiger partial charge in [0.2, 0.25) is 11.8 Å². The lowest BCUT2D eigenvalue weighted by Crippen LogP contribution is -2.51. The van der Waals surface area contributed by atoms with Gasteiger partial charge in [0.05, 0.1) is 23.7 Å². The van der Waals surface area contributed by atoms with Gasteiger partial charge in [-0.1, -0.05) is 29.8 Å². The van der Waals surface area contributed by atoms with Gasteiger partial charge in [-0.15, -0.1) is 0 Å². The average Bonchev–Trinajstić information content (AvgIpc) is 2.75. The highest BCUT2D eigenvalue weighted by molar-refractivity contribution is 6.31. The Hall–Kier alpha value is -2.62. The first-order valence-corrected chi connectivity index (χ1v) is 10.4. The maximum Gasteiger partial charge on any atom is 0.417 e. The van der Waals surface area contributed by atoms with E-state index in [2.05, 4.69) is 5.32 Å². The van der Waals surface area contributed by atoms with Crippen molar-refractivity contribution in [3.63, 3.8) is 0 Å². The van der Waals surface area contributed by atoms with Gasteiger partial charge in [0.1, 0.15) is 0 Å². The molecule has 0 bridgehead atoms. The van der Waals surface area contributed by atoms with Crippen molar-refractivity contribution < 1.29 is 22.8 Å². The van der Waals surface area contributed by atoms with Gasteiger partial charge < -0.3 is 10.2 Å². The first-order valence-electron chi connectivity index (χ1n) is 10.1. The Balaban J connectivity index is 1.46. The predicted molar refractivity (Wildman–Crippen MR) is 118 cm³/mol. The molecule has 2 aromatic carbocycles. The summed E-state index contributed by atoms with van der Waals surface area (Å²) >= 11 is 5.60. The molecule has 0 radical (unpaired) electrons. The summed E-state index contributed by atoms with van der Waals surface area (Å²) in [4.78, 5) is 30.3. The summed E-state index contributed by atoms with van der Waals surface area (Å²) in [5.41, 5.74) is -0.126. The third kappa shape index (κ3) is 6.44. The van der Waals surface area contributed by atoms with Crippen molar-refractivity contribution in [3.8, 4) is 0 Å². The molecule has 1 fully saturated rings. The molecule has 10 heteroatoms. The number of hydrogen-bond donors (Lipinski definition) is 1. The zero-order valence-corrected chi connectivity index (χ0v) is 18.3. The number of likely N-dealkylation sites (N-methyl/N-ethyl adjacent to an activating group) is 1. The highest BCUT2D eigenvalue weighted by atomic mass is 35.5. The highest BCUT2D eigenvalue weighted by Crippen LogP contribution is 2.36. The number of amides is 2. The third-order valence-electron chi connectivity index (χ3n) is 5.26. The second kappa shape index (κ2) is 10.3. The van der Waals surface area contributed by atoms with Gasteiger partial charge in [-0.25, -0.2) is 0 Å². The number of rotatable bonds is 6. The second-order valence-electron chi connectivity index (χ2n) is 7.58. The molecule has 6 nitrogen and oxygen atoms in total. The molecule has 1 aliphatic heterocycles. The summed E-state index contributed by atoms with van der Waals surface area (Å²) in [6.45, 7) is 2.70. The van der Waals surface area contributed by atoms with Crippen LogP contribution in [0, 0.1) is 0 Å². The number of para-hydroxylation sites is 1. The molecule has 1 heterocycles. The molecule has 0 saturated carbocycles. The fraction of sp³-hybridized carbons (Fsp3) is 0.364. The summed E-state index contributed by atoms with van der Waals surface area (Å²) < 4.78 is 38.9. The minimum absolute atomic E-state index is 0.0226. The second-order valence-corrected chi connectivity index (χ2v) is 7.99. The summed E-state index contributed by atoms with van der Waals surface area (Å²) in [6, 6.07) is 12.6. The highest BCUT2D eigenvalue weighted by Gasteiger charge is 2.33. The van der Waals surface area contributed by atoms with Crippen molar-refractivity contribution >= 4 is 34.8 Å². The summed E-state index contributed by atoms with van der Waals surface area (Å²) in [7, 11) is 1.74. The number of halogens is 4. The molecule has 0 aliphatic carbocycles. The molecule has 1 saturated heterocycles. The lowest BCUT2D eigenvalue weighted by molar-refractivity contribution is -0.137. The van der Waals surface area contributed by atoms with E-state index in [1.165, 1.54) is 6.07 Å². The van der Waals surface area contributed by atoms with Crippen LogP contribution in [-0.4, -0.2) is 67.9 Å². The summed E-state index contributed by atoms with van der Waals surface area (Å²) in [5.74, 6) is -0.431. The van der Waals surface area contributed by atoms with Crippen molar-refractivity contribution in [2.24, 2.45) is 0 Å². The van der Waals surface area contributed by atoms with E-state index in [0.717, 1.165) is 17.8 Å². The minimum atomic E-state index is -4.60. The van der Waals surface area contributed by atoms with Crippen LogP contribution in [0.25, 0.3) is 0 Å². The molecule has 0 spiro atoms. The maximum absolute atomic E-state index is 13.0. The number of carbonyl (C=O) groups is 2. The Morgan fingerprint density at radius 2 is 1.59 bits per heavy atom. The van der Waals surface area contributed by atoms with Crippen LogP contribution >= 0.6 is 11.6 Å². The predicted octanol–water partition coefficient (Wildman–Crippen LogP) is 3.58. The zero-order valence-electron chi connectivity index (χ0n) is 17.5. The van der Waals surface area contributed by atoms with Gasteiger partial charge in [-0.05, 0) is 30.3 Å². The largest absolute Gasteiger partial charge is 0.417 e. The van der Waals surface area contributed by atoms with Gasteiger partial charge in [-0.3, -0.25) is 19.4 Å². The van der Waals surface area contributed by atoms with E-state index in [4.69, 9.17) is 11.6 Å². The molecule has 0 unspecified atom stereocenters. The van der Waals surface area contributed by atoms with Gasteiger partial charge in [0.15, 0.2) is 0 Å². The van der Waals surface area contributed by atoms with Crippen LogP contribution in [0.4, 0.5) is 24.5 Å². The average molecular weight is 469 g/mol. The molecule has 1 N–H and O–H groups in total. The van der Waals surface area contributed by atoms with Crippen LogP contribution in [0.2, 0.25) is 5.02 Å². The molecule has 1 aliphatic rings. The van der Waals surface area contributed by atoms with Crippen LogP contribution < -0.4 is 10.2 Å². The lowest BCUT2D eigenvalue weighted by Gasteiger charge is -2.34. The van der Waals surface area contributed by atoms with Crippen molar-refractivity contribution in [2.45, 2.75) is 6.18 Å². The fourth-order valence-corrected chi connectivity index (χ4v) is 3.65. The van der Waals surface area contributed by atoms with Crippen LogP contribution in [0.5, 0.6) is 0 Å². The third-order valence-corrected chi connectivity index (χ3v) is 5.59. The first kappa shape index (κ1) is 24.0. The number of benzene rings is 2.